The highest BCUT2D eigenvalue weighted by Gasteiger charge is 2.52. The van der Waals surface area contributed by atoms with Gasteiger partial charge in [-0.15, -0.1) is 0 Å². The van der Waals surface area contributed by atoms with Gasteiger partial charge in [-0.3, -0.25) is 0 Å². The summed E-state index contributed by atoms with van der Waals surface area (Å²) in [6.45, 7) is 2.41. The second-order valence-electron chi connectivity index (χ2n) is 7.05. The summed E-state index contributed by atoms with van der Waals surface area (Å²) in [6.07, 6.45) is 7.67. The number of likely N-dealkylation sites (tertiary alicyclic amines) is 1. The fraction of sp³-hybridized carbons (Fsp3) is 0.524. The maximum Gasteiger partial charge on any atom is 0.318 e. The van der Waals surface area contributed by atoms with Gasteiger partial charge in [0.05, 0.1) is 18.7 Å². The lowest BCUT2D eigenvalue weighted by molar-refractivity contribution is 0.0168. The quantitative estimate of drug-likeness (QED) is 0.851. The minimum absolute atomic E-state index is 0.143. The molecular formula is C21H27N3O2. The second-order valence-corrected chi connectivity index (χ2v) is 7.05. The molecule has 0 aromatic heterocycles. The van der Waals surface area contributed by atoms with Crippen molar-refractivity contribution in [2.24, 2.45) is 0 Å². The maximum atomic E-state index is 12.4. The number of carbonyl (C=O) groups is 1. The number of allylic oxidation sites excluding steroid dienone is 2. The zero-order valence-electron chi connectivity index (χ0n) is 15.3. The molecule has 5 nitrogen and oxygen atoms in total. The molecule has 0 saturated carbocycles. The molecule has 1 fully saturated rings. The lowest BCUT2D eigenvalue weighted by Crippen LogP contribution is -2.67. The Morgan fingerprint density at radius 1 is 1.38 bits per heavy atom. The van der Waals surface area contributed by atoms with E-state index in [4.69, 9.17) is 0 Å². The Labute approximate surface area is 155 Å². The molecule has 26 heavy (non-hydrogen) atoms. The van der Waals surface area contributed by atoms with Crippen LogP contribution in [0.2, 0.25) is 0 Å². The van der Waals surface area contributed by atoms with Crippen molar-refractivity contribution in [2.45, 2.75) is 57.0 Å². The van der Waals surface area contributed by atoms with E-state index in [-0.39, 0.29) is 24.6 Å². The Kier molecular flexibility index (Phi) is 5.95. The van der Waals surface area contributed by atoms with Gasteiger partial charge in [0.25, 0.3) is 0 Å². The first-order chi connectivity index (χ1) is 12.7. The molecule has 1 aliphatic carbocycles. The minimum atomic E-state index is -0.547. The first-order valence-electron chi connectivity index (χ1n) is 9.57. The molecule has 0 spiro atoms. The van der Waals surface area contributed by atoms with Crippen molar-refractivity contribution >= 4 is 11.6 Å². The fourth-order valence-electron chi connectivity index (χ4n) is 4.15. The van der Waals surface area contributed by atoms with Crippen LogP contribution in [0.25, 0.3) is 5.57 Å². The number of nitrogens with one attached hydrogen (secondary N) is 1. The standard InChI is InChI=1S/C21H27N3O2/c1-2-12-23-21(26)24-18(13-22)20(19(24)14-25)17-11-7-6-10-16(17)15-8-4-3-5-9-15/h6-8,10-11,18-20,25H,2-5,9,12,14H2,1H3,(H,23,26)/t18-,19+,20-/m0/s1. The molecule has 138 valence electrons. The third-order valence-electron chi connectivity index (χ3n) is 5.45. The van der Waals surface area contributed by atoms with Gasteiger partial charge in [-0.25, -0.2) is 4.79 Å². The van der Waals surface area contributed by atoms with Crippen molar-refractivity contribution in [3.05, 3.63) is 41.5 Å². The molecule has 0 bridgehead atoms. The SMILES string of the molecule is CCCNC(=O)N1[C@H](CO)[C@@H](c2ccccc2C2=CCCCC2)[C@@H]1C#N. The maximum absolute atomic E-state index is 12.4. The number of nitriles is 1. The molecule has 0 unspecified atom stereocenters. The second kappa shape index (κ2) is 8.37. The number of aliphatic hydroxyl groups excluding tert-OH is 1. The Bertz CT molecular complexity index is 722. The average Bonchev–Trinajstić information content (AvgIpc) is 2.67. The first-order valence-corrected chi connectivity index (χ1v) is 9.57. The molecule has 2 N–H and O–H groups in total. The highest BCUT2D eigenvalue weighted by Crippen LogP contribution is 2.44. The summed E-state index contributed by atoms with van der Waals surface area (Å²) in [5.41, 5.74) is 3.57. The largest absolute Gasteiger partial charge is 0.394 e. The molecule has 0 radical (unpaired) electrons. The highest BCUT2D eigenvalue weighted by molar-refractivity contribution is 5.78. The van der Waals surface area contributed by atoms with Crippen molar-refractivity contribution in [2.75, 3.05) is 13.2 Å². The Hall–Kier alpha value is -2.32. The van der Waals surface area contributed by atoms with Crippen LogP contribution in [0.4, 0.5) is 4.79 Å². The molecular weight excluding hydrogens is 326 g/mol. The first kappa shape index (κ1) is 18.5. The molecule has 1 aliphatic heterocycles. The fourth-order valence-corrected chi connectivity index (χ4v) is 4.15. The van der Waals surface area contributed by atoms with Gasteiger partial charge in [-0.05, 0) is 48.8 Å². The van der Waals surface area contributed by atoms with Gasteiger partial charge in [0.15, 0.2) is 0 Å². The Morgan fingerprint density at radius 2 is 2.19 bits per heavy atom. The van der Waals surface area contributed by atoms with Gasteiger partial charge in [0.1, 0.15) is 6.04 Å². The molecule has 2 aliphatic rings. The molecule has 3 atom stereocenters. The van der Waals surface area contributed by atoms with Crippen molar-refractivity contribution in [3.8, 4) is 6.07 Å². The van der Waals surface area contributed by atoms with E-state index in [9.17, 15) is 15.2 Å². The number of carbonyl (C=O) groups excluding carboxylic acids is 1. The number of hydrogen-bond acceptors (Lipinski definition) is 3. The number of urea groups is 1. The summed E-state index contributed by atoms with van der Waals surface area (Å²) in [6, 6.07) is 9.27. The summed E-state index contributed by atoms with van der Waals surface area (Å²) in [4.78, 5) is 13.9. The van der Waals surface area contributed by atoms with E-state index in [2.05, 4.69) is 23.5 Å². The van der Waals surface area contributed by atoms with E-state index in [0.29, 0.717) is 6.54 Å². The molecule has 5 heteroatoms. The number of aliphatic hydroxyl groups is 1. The molecule has 1 saturated heterocycles. The smallest absolute Gasteiger partial charge is 0.318 e. The van der Waals surface area contributed by atoms with Crippen LogP contribution >= 0.6 is 0 Å². The summed E-state index contributed by atoms with van der Waals surface area (Å²) in [7, 11) is 0. The summed E-state index contributed by atoms with van der Waals surface area (Å²) in [5, 5.41) is 22.5. The van der Waals surface area contributed by atoms with E-state index in [1.54, 1.807) is 0 Å². The summed E-state index contributed by atoms with van der Waals surface area (Å²) >= 11 is 0. The number of rotatable bonds is 5. The van der Waals surface area contributed by atoms with Crippen LogP contribution in [0.5, 0.6) is 0 Å². The van der Waals surface area contributed by atoms with E-state index in [0.717, 1.165) is 24.8 Å². The number of hydrogen-bond donors (Lipinski definition) is 2. The summed E-state index contributed by atoms with van der Waals surface area (Å²) in [5.74, 6) is -0.156. The van der Waals surface area contributed by atoms with E-state index < -0.39 is 6.04 Å². The predicted octanol–water partition coefficient (Wildman–Crippen LogP) is 3.42. The van der Waals surface area contributed by atoms with Crippen LogP contribution in [0.1, 0.15) is 56.1 Å². The van der Waals surface area contributed by atoms with Crippen molar-refractivity contribution < 1.29 is 9.90 Å². The third kappa shape index (κ3) is 3.34. The number of amides is 2. The monoisotopic (exact) mass is 353 g/mol. The normalized spacial score (nSPS) is 25.0. The lowest BCUT2D eigenvalue weighted by atomic mass is 9.73. The third-order valence-corrected chi connectivity index (χ3v) is 5.45. The summed E-state index contributed by atoms with van der Waals surface area (Å²) < 4.78 is 0. The molecule has 1 aromatic carbocycles. The molecule has 1 heterocycles. The molecule has 1 aromatic rings. The Balaban J connectivity index is 1.91. The van der Waals surface area contributed by atoms with Gasteiger partial charge in [0.2, 0.25) is 0 Å². The lowest BCUT2D eigenvalue weighted by Gasteiger charge is -2.51. The van der Waals surface area contributed by atoms with Gasteiger partial charge in [0, 0.05) is 12.5 Å². The van der Waals surface area contributed by atoms with Crippen LogP contribution in [0.3, 0.4) is 0 Å². The Morgan fingerprint density at radius 3 is 2.85 bits per heavy atom. The van der Waals surface area contributed by atoms with Crippen LogP contribution in [0.15, 0.2) is 30.3 Å². The topological polar surface area (TPSA) is 76.4 Å². The van der Waals surface area contributed by atoms with Crippen molar-refractivity contribution in [1.82, 2.24) is 10.2 Å². The van der Waals surface area contributed by atoms with Crippen LogP contribution in [-0.2, 0) is 0 Å². The van der Waals surface area contributed by atoms with Crippen molar-refractivity contribution in [3.63, 3.8) is 0 Å². The van der Waals surface area contributed by atoms with Gasteiger partial charge < -0.3 is 15.3 Å². The van der Waals surface area contributed by atoms with Gasteiger partial charge in [-0.1, -0.05) is 37.3 Å². The van der Waals surface area contributed by atoms with E-state index >= 15 is 0 Å². The van der Waals surface area contributed by atoms with Crippen LogP contribution in [0, 0.1) is 11.3 Å². The zero-order valence-corrected chi connectivity index (χ0v) is 15.3. The zero-order chi connectivity index (χ0) is 18.5. The van der Waals surface area contributed by atoms with Gasteiger partial charge >= 0.3 is 6.03 Å². The van der Waals surface area contributed by atoms with Crippen LogP contribution < -0.4 is 5.32 Å². The number of benzene rings is 1. The minimum Gasteiger partial charge on any atom is -0.394 e. The number of nitrogens with zero attached hydrogens (tertiary/aromatic N) is 2. The molecule has 3 rings (SSSR count). The van der Waals surface area contributed by atoms with Crippen LogP contribution in [-0.4, -0.2) is 41.3 Å². The van der Waals surface area contributed by atoms with Gasteiger partial charge in [-0.2, -0.15) is 5.26 Å². The average molecular weight is 353 g/mol. The van der Waals surface area contributed by atoms with E-state index in [1.807, 2.05) is 25.1 Å². The predicted molar refractivity (Wildman–Crippen MR) is 101 cm³/mol. The molecule has 2 amide bonds. The van der Waals surface area contributed by atoms with Crippen molar-refractivity contribution in [1.29, 1.82) is 5.26 Å². The highest BCUT2D eigenvalue weighted by atomic mass is 16.3. The van der Waals surface area contributed by atoms with E-state index in [1.165, 1.54) is 28.9 Å².